The zero-order valence-electron chi connectivity index (χ0n) is 12.5. The van der Waals surface area contributed by atoms with E-state index in [9.17, 15) is 0 Å². The molecule has 3 aromatic carbocycles. The Morgan fingerprint density at radius 1 is 0.783 bits per heavy atom. The fourth-order valence-electron chi connectivity index (χ4n) is 2.93. The van der Waals surface area contributed by atoms with Crippen molar-refractivity contribution in [3.8, 4) is 11.4 Å². The molecule has 0 saturated carbocycles. The van der Waals surface area contributed by atoms with Crippen LogP contribution in [0.2, 0.25) is 5.02 Å². The van der Waals surface area contributed by atoms with Crippen LogP contribution in [0.15, 0.2) is 78.9 Å². The maximum atomic E-state index is 6.43. The number of imidazole rings is 1. The quantitative estimate of drug-likeness (QED) is 0.522. The minimum atomic E-state index is 0.751. The third-order valence-corrected chi connectivity index (χ3v) is 4.36. The second-order valence-corrected chi connectivity index (χ2v) is 5.95. The largest absolute Gasteiger partial charge is 0.289 e. The number of halogens is 1. The molecule has 112 valence electrons. The first-order chi connectivity index (χ1) is 11.3. The second-order valence-electron chi connectivity index (χ2n) is 5.54. The fraction of sp³-hybridized carbons (Fsp3) is 0.0500. The van der Waals surface area contributed by atoms with Gasteiger partial charge in [0, 0.05) is 0 Å². The standard InChI is InChI=1S/C20H15ClN2/c21-17-11-5-4-10-16(17)20-22-18-12-6-7-13-19(18)23(20)14-15-8-2-1-3-9-15/h1-13H,14H2/p+1. The highest BCUT2D eigenvalue weighted by atomic mass is 35.5. The lowest BCUT2D eigenvalue weighted by atomic mass is 10.2. The Morgan fingerprint density at radius 2 is 1.48 bits per heavy atom. The van der Waals surface area contributed by atoms with Gasteiger partial charge in [-0.1, -0.05) is 66.2 Å². The summed E-state index contributed by atoms with van der Waals surface area (Å²) in [7, 11) is 0. The predicted molar refractivity (Wildman–Crippen MR) is 94.5 cm³/mol. The van der Waals surface area contributed by atoms with Crippen molar-refractivity contribution in [2.75, 3.05) is 0 Å². The maximum absolute atomic E-state index is 6.43. The highest BCUT2D eigenvalue weighted by Gasteiger charge is 2.21. The average Bonchev–Trinajstić information content (AvgIpc) is 2.95. The van der Waals surface area contributed by atoms with Crippen LogP contribution in [0.1, 0.15) is 5.56 Å². The SMILES string of the molecule is Clc1ccccc1-c1[nH]c2ccccc2[n+]1Cc1ccccc1. The molecule has 0 saturated heterocycles. The molecule has 0 fully saturated rings. The molecule has 0 bridgehead atoms. The molecule has 4 rings (SSSR count). The van der Waals surface area contributed by atoms with Crippen LogP contribution in [-0.2, 0) is 6.54 Å². The normalized spacial score (nSPS) is 11.0. The number of aromatic amines is 1. The Bertz CT molecular complexity index is 958. The van der Waals surface area contributed by atoms with Crippen LogP contribution in [0.4, 0.5) is 0 Å². The molecule has 0 spiro atoms. The lowest BCUT2D eigenvalue weighted by molar-refractivity contribution is -0.651. The van der Waals surface area contributed by atoms with Gasteiger partial charge in [0.05, 0.1) is 10.6 Å². The summed E-state index contributed by atoms with van der Waals surface area (Å²) in [6.07, 6.45) is 0. The summed E-state index contributed by atoms with van der Waals surface area (Å²) >= 11 is 6.43. The monoisotopic (exact) mass is 319 g/mol. The molecular formula is C20H16ClN2+. The lowest BCUT2D eigenvalue weighted by Gasteiger charge is -2.04. The minimum Gasteiger partial charge on any atom is -0.236 e. The summed E-state index contributed by atoms with van der Waals surface area (Å²) < 4.78 is 2.28. The van der Waals surface area contributed by atoms with E-state index in [0.717, 1.165) is 28.5 Å². The Hall–Kier alpha value is -2.58. The number of hydrogen-bond donors (Lipinski definition) is 1. The van der Waals surface area contributed by atoms with Crippen LogP contribution in [0.3, 0.4) is 0 Å². The molecule has 1 heterocycles. The molecule has 1 aromatic heterocycles. The Balaban J connectivity index is 1.93. The average molecular weight is 320 g/mol. The first-order valence-corrected chi connectivity index (χ1v) is 8.00. The Kier molecular flexibility index (Phi) is 3.60. The summed E-state index contributed by atoms with van der Waals surface area (Å²) in [4.78, 5) is 3.52. The van der Waals surface area contributed by atoms with E-state index < -0.39 is 0 Å². The first-order valence-electron chi connectivity index (χ1n) is 7.62. The highest BCUT2D eigenvalue weighted by molar-refractivity contribution is 6.33. The van der Waals surface area contributed by atoms with Crippen molar-refractivity contribution in [3.05, 3.63) is 89.4 Å². The molecule has 0 amide bonds. The van der Waals surface area contributed by atoms with Gasteiger partial charge in [0.1, 0.15) is 6.54 Å². The number of nitrogens with zero attached hydrogens (tertiary/aromatic N) is 1. The topological polar surface area (TPSA) is 19.7 Å². The van der Waals surface area contributed by atoms with Gasteiger partial charge in [-0.3, -0.25) is 0 Å². The zero-order valence-corrected chi connectivity index (χ0v) is 13.3. The molecule has 0 atom stereocenters. The molecule has 23 heavy (non-hydrogen) atoms. The smallest absolute Gasteiger partial charge is 0.236 e. The van der Waals surface area contributed by atoms with E-state index >= 15 is 0 Å². The molecular weight excluding hydrogens is 304 g/mol. The molecule has 0 aliphatic rings. The number of fused-ring (bicyclic) bond motifs is 1. The van der Waals surface area contributed by atoms with E-state index in [1.807, 2.05) is 30.3 Å². The van der Waals surface area contributed by atoms with Gasteiger partial charge in [-0.25, -0.2) is 9.55 Å². The Morgan fingerprint density at radius 3 is 2.30 bits per heavy atom. The van der Waals surface area contributed by atoms with Gasteiger partial charge in [-0.2, -0.15) is 0 Å². The summed E-state index contributed by atoms with van der Waals surface area (Å²) in [6.45, 7) is 0.797. The highest BCUT2D eigenvalue weighted by Crippen LogP contribution is 2.26. The van der Waals surface area contributed by atoms with Crippen LogP contribution in [0.5, 0.6) is 0 Å². The number of aromatic nitrogens is 2. The predicted octanol–water partition coefficient (Wildman–Crippen LogP) is 4.82. The molecule has 3 heteroatoms. The molecule has 0 aliphatic carbocycles. The van der Waals surface area contributed by atoms with E-state index in [4.69, 9.17) is 11.6 Å². The lowest BCUT2D eigenvalue weighted by Crippen LogP contribution is -2.35. The zero-order chi connectivity index (χ0) is 15.6. The van der Waals surface area contributed by atoms with Gasteiger partial charge < -0.3 is 0 Å². The number of para-hydroxylation sites is 2. The van der Waals surface area contributed by atoms with Crippen LogP contribution < -0.4 is 4.57 Å². The molecule has 0 aliphatic heterocycles. The van der Waals surface area contributed by atoms with Crippen LogP contribution >= 0.6 is 11.6 Å². The van der Waals surface area contributed by atoms with E-state index in [-0.39, 0.29) is 0 Å². The molecule has 2 nitrogen and oxygen atoms in total. The molecule has 1 N–H and O–H groups in total. The van der Waals surface area contributed by atoms with Gasteiger partial charge in [-0.05, 0) is 29.8 Å². The van der Waals surface area contributed by atoms with Crippen LogP contribution in [0, 0.1) is 0 Å². The summed E-state index contributed by atoms with van der Waals surface area (Å²) in [5.41, 5.74) is 4.56. The minimum absolute atomic E-state index is 0.751. The van der Waals surface area contributed by atoms with Gasteiger partial charge in [-0.15, -0.1) is 0 Å². The number of rotatable bonds is 3. The van der Waals surface area contributed by atoms with Gasteiger partial charge in [0.25, 0.3) is 5.82 Å². The maximum Gasteiger partial charge on any atom is 0.289 e. The van der Waals surface area contributed by atoms with Crippen LogP contribution in [-0.4, -0.2) is 4.98 Å². The fourth-order valence-corrected chi connectivity index (χ4v) is 3.15. The third-order valence-electron chi connectivity index (χ3n) is 4.03. The van der Waals surface area contributed by atoms with Crippen molar-refractivity contribution in [3.63, 3.8) is 0 Å². The van der Waals surface area contributed by atoms with Crippen molar-refractivity contribution >= 4 is 22.6 Å². The van der Waals surface area contributed by atoms with Gasteiger partial charge in [0.2, 0.25) is 0 Å². The molecule has 0 unspecified atom stereocenters. The van der Waals surface area contributed by atoms with E-state index in [1.165, 1.54) is 11.1 Å². The van der Waals surface area contributed by atoms with Crippen molar-refractivity contribution in [1.29, 1.82) is 0 Å². The number of hydrogen-bond acceptors (Lipinski definition) is 0. The van der Waals surface area contributed by atoms with Gasteiger partial charge >= 0.3 is 0 Å². The van der Waals surface area contributed by atoms with Crippen molar-refractivity contribution in [1.82, 2.24) is 4.98 Å². The summed E-state index contributed by atoms with van der Waals surface area (Å²) in [5, 5.41) is 0.751. The van der Waals surface area contributed by atoms with Crippen molar-refractivity contribution in [2.24, 2.45) is 0 Å². The van der Waals surface area contributed by atoms with E-state index in [1.54, 1.807) is 0 Å². The van der Waals surface area contributed by atoms with E-state index in [0.29, 0.717) is 0 Å². The van der Waals surface area contributed by atoms with Crippen molar-refractivity contribution < 1.29 is 4.57 Å². The number of nitrogens with one attached hydrogen (secondary N) is 1. The number of H-pyrrole nitrogens is 1. The number of benzene rings is 3. The van der Waals surface area contributed by atoms with Crippen molar-refractivity contribution in [2.45, 2.75) is 6.54 Å². The summed E-state index contributed by atoms with van der Waals surface area (Å²) in [6, 6.07) is 26.7. The van der Waals surface area contributed by atoms with Crippen LogP contribution in [0.25, 0.3) is 22.4 Å². The Labute approximate surface area is 140 Å². The third kappa shape index (κ3) is 2.62. The second kappa shape index (κ2) is 5.90. The van der Waals surface area contributed by atoms with E-state index in [2.05, 4.69) is 58.1 Å². The molecule has 4 aromatic rings. The molecule has 0 radical (unpaired) electrons. The van der Waals surface area contributed by atoms with Gasteiger partial charge in [0.15, 0.2) is 11.0 Å². The first kappa shape index (κ1) is 14.0. The summed E-state index contributed by atoms with van der Waals surface area (Å²) in [5.74, 6) is 1.03.